The van der Waals surface area contributed by atoms with Crippen molar-refractivity contribution in [2.45, 2.75) is 19.8 Å². The molecular weight excluding hydrogens is 252 g/mol. The van der Waals surface area contributed by atoms with Crippen molar-refractivity contribution >= 4 is 17.9 Å². The molecule has 0 amide bonds. The maximum absolute atomic E-state index is 12.0. The lowest BCUT2D eigenvalue weighted by atomic mass is 9.68. The summed E-state index contributed by atoms with van der Waals surface area (Å²) in [5.41, 5.74) is -2.08. The molecule has 2 rings (SSSR count). The van der Waals surface area contributed by atoms with Crippen LogP contribution >= 0.6 is 0 Å². The Morgan fingerprint density at radius 2 is 1.89 bits per heavy atom. The summed E-state index contributed by atoms with van der Waals surface area (Å²) in [6, 6.07) is 0. The van der Waals surface area contributed by atoms with Crippen LogP contribution in [0, 0.1) is 23.2 Å². The average molecular weight is 268 g/mol. The molecule has 2 aliphatic rings. The van der Waals surface area contributed by atoms with Crippen LogP contribution in [0.25, 0.3) is 0 Å². The number of carboxylic acid groups (broad SMARTS) is 2. The van der Waals surface area contributed by atoms with Crippen LogP contribution in [0.15, 0.2) is 12.2 Å². The van der Waals surface area contributed by atoms with Gasteiger partial charge < -0.3 is 14.9 Å². The number of rotatable bonds is 5. The zero-order valence-electron chi connectivity index (χ0n) is 10.5. The molecule has 104 valence electrons. The van der Waals surface area contributed by atoms with Crippen LogP contribution in [0.5, 0.6) is 0 Å². The van der Waals surface area contributed by atoms with Crippen molar-refractivity contribution in [2.24, 2.45) is 23.2 Å². The molecule has 0 heterocycles. The van der Waals surface area contributed by atoms with Gasteiger partial charge in [0.05, 0.1) is 12.5 Å². The Bertz CT molecular complexity index is 438. The number of aliphatic carboxylic acids is 2. The number of ether oxygens (including phenoxy) is 1. The van der Waals surface area contributed by atoms with Crippen molar-refractivity contribution in [1.82, 2.24) is 0 Å². The van der Waals surface area contributed by atoms with Gasteiger partial charge in [0.15, 0.2) is 5.41 Å². The van der Waals surface area contributed by atoms with E-state index in [1.807, 2.05) is 6.92 Å². The molecule has 3 atom stereocenters. The highest BCUT2D eigenvalue weighted by atomic mass is 16.5. The van der Waals surface area contributed by atoms with E-state index in [2.05, 4.69) is 0 Å². The zero-order chi connectivity index (χ0) is 14.2. The average Bonchev–Trinajstić information content (AvgIpc) is 2.93. The minimum absolute atomic E-state index is 0.172. The predicted molar refractivity (Wildman–Crippen MR) is 63.2 cm³/mol. The van der Waals surface area contributed by atoms with E-state index in [0.29, 0.717) is 12.8 Å². The molecule has 1 fully saturated rings. The highest BCUT2D eigenvalue weighted by Crippen LogP contribution is 2.57. The van der Waals surface area contributed by atoms with Gasteiger partial charge in [-0.3, -0.25) is 14.4 Å². The summed E-state index contributed by atoms with van der Waals surface area (Å²) < 4.78 is 4.98. The number of carboxylic acids is 2. The summed E-state index contributed by atoms with van der Waals surface area (Å²) in [6.07, 6.45) is 4.31. The fourth-order valence-corrected chi connectivity index (χ4v) is 3.21. The van der Waals surface area contributed by atoms with Crippen LogP contribution in [-0.4, -0.2) is 34.7 Å². The van der Waals surface area contributed by atoms with Gasteiger partial charge in [0, 0.05) is 5.92 Å². The van der Waals surface area contributed by atoms with Gasteiger partial charge in [-0.2, -0.15) is 0 Å². The maximum Gasteiger partial charge on any atom is 0.322 e. The van der Waals surface area contributed by atoms with Crippen molar-refractivity contribution in [1.29, 1.82) is 0 Å². The Hall–Kier alpha value is -1.85. The normalized spacial score (nSPS) is 30.3. The van der Waals surface area contributed by atoms with Gasteiger partial charge in [0.2, 0.25) is 0 Å². The summed E-state index contributed by atoms with van der Waals surface area (Å²) in [7, 11) is 0. The molecule has 0 saturated heterocycles. The lowest BCUT2D eigenvalue weighted by Crippen LogP contribution is -2.51. The fraction of sp³-hybridized carbons (Fsp3) is 0.615. The summed E-state index contributed by atoms with van der Waals surface area (Å²) in [5.74, 6) is -5.79. The predicted octanol–water partition coefficient (Wildman–Crippen LogP) is 0.917. The van der Waals surface area contributed by atoms with Crippen molar-refractivity contribution in [2.75, 3.05) is 6.61 Å². The number of hydrogen-bond donors (Lipinski definition) is 2. The molecule has 0 aliphatic heterocycles. The highest BCUT2D eigenvalue weighted by molar-refractivity contribution is 6.04. The Morgan fingerprint density at radius 1 is 1.26 bits per heavy atom. The van der Waals surface area contributed by atoms with E-state index >= 15 is 0 Å². The molecule has 6 heteroatoms. The molecule has 2 N–H and O–H groups in total. The zero-order valence-corrected chi connectivity index (χ0v) is 10.5. The molecule has 1 saturated carbocycles. The largest absolute Gasteiger partial charge is 0.480 e. The lowest BCUT2D eigenvalue weighted by Gasteiger charge is -2.32. The summed E-state index contributed by atoms with van der Waals surface area (Å²) in [6.45, 7) is 1.99. The van der Waals surface area contributed by atoms with E-state index in [4.69, 9.17) is 4.74 Å². The SMILES string of the molecule is CCCOC(=O)C1C2C=CC(C2)C1(C(=O)O)C(=O)O. The Kier molecular flexibility index (Phi) is 3.34. The third-order valence-electron chi connectivity index (χ3n) is 4.03. The number of fused-ring (bicyclic) bond motifs is 2. The molecule has 2 bridgehead atoms. The van der Waals surface area contributed by atoms with Gasteiger partial charge in [0.1, 0.15) is 0 Å². The van der Waals surface area contributed by atoms with Crippen LogP contribution in [0.4, 0.5) is 0 Å². The van der Waals surface area contributed by atoms with Crippen LogP contribution in [0.2, 0.25) is 0 Å². The van der Waals surface area contributed by atoms with Gasteiger partial charge in [-0.25, -0.2) is 0 Å². The Morgan fingerprint density at radius 3 is 2.42 bits per heavy atom. The topological polar surface area (TPSA) is 101 Å². The molecule has 0 aromatic carbocycles. The van der Waals surface area contributed by atoms with Crippen LogP contribution in [0.3, 0.4) is 0 Å². The van der Waals surface area contributed by atoms with Crippen molar-refractivity contribution < 1.29 is 29.3 Å². The van der Waals surface area contributed by atoms with Gasteiger partial charge in [-0.05, 0) is 18.8 Å². The van der Waals surface area contributed by atoms with Crippen LogP contribution in [-0.2, 0) is 19.1 Å². The molecule has 6 nitrogen and oxygen atoms in total. The van der Waals surface area contributed by atoms with Crippen LogP contribution in [0.1, 0.15) is 19.8 Å². The monoisotopic (exact) mass is 268 g/mol. The quantitative estimate of drug-likeness (QED) is 0.437. The lowest BCUT2D eigenvalue weighted by molar-refractivity contribution is -0.179. The first kappa shape index (κ1) is 13.6. The molecular formula is C13H16O6. The van der Waals surface area contributed by atoms with Gasteiger partial charge in [-0.15, -0.1) is 0 Å². The smallest absolute Gasteiger partial charge is 0.322 e. The van der Waals surface area contributed by atoms with E-state index in [0.717, 1.165) is 0 Å². The molecule has 0 radical (unpaired) electrons. The molecule has 2 aliphatic carbocycles. The number of esters is 1. The second-order valence-electron chi connectivity index (χ2n) is 5.02. The van der Waals surface area contributed by atoms with Crippen LogP contribution < -0.4 is 0 Å². The highest BCUT2D eigenvalue weighted by Gasteiger charge is 2.68. The van der Waals surface area contributed by atoms with Gasteiger partial charge >= 0.3 is 17.9 Å². The first-order valence-corrected chi connectivity index (χ1v) is 6.28. The summed E-state index contributed by atoms with van der Waals surface area (Å²) in [4.78, 5) is 35.1. The molecule has 0 spiro atoms. The Balaban J connectivity index is 2.39. The van der Waals surface area contributed by atoms with E-state index in [1.54, 1.807) is 12.2 Å². The number of carbonyl (C=O) groups is 3. The number of hydrogen-bond acceptors (Lipinski definition) is 4. The second-order valence-corrected chi connectivity index (χ2v) is 5.02. The molecule has 0 aromatic heterocycles. The van der Waals surface area contributed by atoms with E-state index in [1.165, 1.54) is 0 Å². The molecule has 3 unspecified atom stereocenters. The van der Waals surface area contributed by atoms with E-state index in [-0.39, 0.29) is 12.5 Å². The number of allylic oxidation sites excluding steroid dienone is 2. The fourth-order valence-electron chi connectivity index (χ4n) is 3.21. The summed E-state index contributed by atoms with van der Waals surface area (Å²) in [5, 5.41) is 18.8. The standard InChI is InChI=1S/C13H16O6/c1-2-5-19-10(14)9-7-3-4-8(6-7)13(9,11(15)16)12(17)18/h3-4,7-9H,2,5-6H2,1H3,(H,15,16)(H,17,18). The minimum atomic E-state index is -2.08. The molecule has 0 aromatic rings. The molecule has 19 heavy (non-hydrogen) atoms. The van der Waals surface area contributed by atoms with E-state index < -0.39 is 35.2 Å². The second kappa shape index (κ2) is 4.68. The first-order valence-electron chi connectivity index (χ1n) is 6.28. The summed E-state index contributed by atoms with van der Waals surface area (Å²) >= 11 is 0. The Labute approximate surface area is 110 Å². The minimum Gasteiger partial charge on any atom is -0.480 e. The van der Waals surface area contributed by atoms with Gasteiger partial charge in [-0.1, -0.05) is 19.1 Å². The third kappa shape index (κ3) is 1.74. The third-order valence-corrected chi connectivity index (χ3v) is 4.03. The van der Waals surface area contributed by atoms with Crippen molar-refractivity contribution in [3.8, 4) is 0 Å². The van der Waals surface area contributed by atoms with Crippen molar-refractivity contribution in [3.05, 3.63) is 12.2 Å². The van der Waals surface area contributed by atoms with Crippen molar-refractivity contribution in [3.63, 3.8) is 0 Å². The van der Waals surface area contributed by atoms with E-state index in [9.17, 15) is 24.6 Å². The number of carbonyl (C=O) groups excluding carboxylic acids is 1. The maximum atomic E-state index is 12.0. The first-order chi connectivity index (χ1) is 8.96. The van der Waals surface area contributed by atoms with Gasteiger partial charge in [0.25, 0.3) is 0 Å².